The van der Waals surface area contributed by atoms with Crippen molar-refractivity contribution in [3.63, 3.8) is 0 Å². The number of aromatic nitrogens is 2. The highest BCUT2D eigenvalue weighted by Gasteiger charge is 2.14. The van der Waals surface area contributed by atoms with Gasteiger partial charge in [0, 0.05) is 18.0 Å². The van der Waals surface area contributed by atoms with Crippen molar-refractivity contribution in [3.05, 3.63) is 47.3 Å². The maximum absolute atomic E-state index is 4.46. The van der Waals surface area contributed by atoms with E-state index in [1.807, 2.05) is 18.5 Å². The van der Waals surface area contributed by atoms with Gasteiger partial charge in [-0.3, -0.25) is 4.98 Å². The number of fused-ring (bicyclic) bond motifs is 3. The van der Waals surface area contributed by atoms with Crippen molar-refractivity contribution < 1.29 is 0 Å². The van der Waals surface area contributed by atoms with Crippen LogP contribution in [0.5, 0.6) is 0 Å². The first-order valence-corrected chi connectivity index (χ1v) is 5.13. The van der Waals surface area contributed by atoms with Gasteiger partial charge in [0.15, 0.2) is 0 Å². The fourth-order valence-electron chi connectivity index (χ4n) is 2.13. The molecule has 0 aliphatic heterocycles. The number of aromatic amines is 1. The molecule has 3 rings (SSSR count). The molecule has 1 N–H and O–H groups in total. The third-order valence-corrected chi connectivity index (χ3v) is 2.78. The van der Waals surface area contributed by atoms with E-state index in [2.05, 4.69) is 35.1 Å². The Morgan fingerprint density at radius 1 is 1.33 bits per heavy atom. The summed E-state index contributed by atoms with van der Waals surface area (Å²) in [5.74, 6) is 0. The first-order chi connectivity index (χ1) is 7.34. The molecule has 15 heavy (non-hydrogen) atoms. The largest absolute Gasteiger partial charge is 0.359 e. The lowest BCUT2D eigenvalue weighted by Crippen LogP contribution is -1.92. The highest BCUT2D eigenvalue weighted by atomic mass is 14.8. The predicted molar refractivity (Wildman–Crippen MR) is 61.4 cm³/mol. The average Bonchev–Trinajstić information content (AvgIpc) is 2.62. The van der Waals surface area contributed by atoms with Gasteiger partial charge >= 0.3 is 0 Å². The lowest BCUT2D eigenvalue weighted by atomic mass is 10.1. The Kier molecular flexibility index (Phi) is 1.75. The Labute approximate surface area is 88.7 Å². The van der Waals surface area contributed by atoms with Crippen molar-refractivity contribution in [2.45, 2.75) is 13.3 Å². The second kappa shape index (κ2) is 3.09. The average molecular weight is 196 g/mol. The lowest BCUT2D eigenvalue weighted by molar-refractivity contribution is 1.13. The zero-order valence-electron chi connectivity index (χ0n) is 8.62. The first kappa shape index (κ1) is 8.48. The van der Waals surface area contributed by atoms with Crippen LogP contribution in [0.1, 0.15) is 18.1 Å². The maximum Gasteiger partial charge on any atom is 0.0905 e. The predicted octanol–water partition coefficient (Wildman–Crippen LogP) is 3.04. The van der Waals surface area contributed by atoms with Crippen LogP contribution >= 0.6 is 0 Å². The van der Waals surface area contributed by atoms with Gasteiger partial charge in [0.2, 0.25) is 0 Å². The Balaban J connectivity index is 2.33. The summed E-state index contributed by atoms with van der Waals surface area (Å²) in [7, 11) is 0. The van der Waals surface area contributed by atoms with Gasteiger partial charge in [0.05, 0.1) is 11.4 Å². The van der Waals surface area contributed by atoms with Crippen LogP contribution in [0.4, 0.5) is 0 Å². The van der Waals surface area contributed by atoms with E-state index in [-0.39, 0.29) is 0 Å². The van der Waals surface area contributed by atoms with E-state index in [1.54, 1.807) is 0 Å². The summed E-state index contributed by atoms with van der Waals surface area (Å²) in [4.78, 5) is 7.73. The molecule has 1 aliphatic carbocycles. The topological polar surface area (TPSA) is 28.7 Å². The number of hydrogen-bond donors (Lipinski definition) is 1. The number of nitrogens with one attached hydrogen (secondary N) is 1. The monoisotopic (exact) mass is 196 g/mol. The van der Waals surface area contributed by atoms with Gasteiger partial charge < -0.3 is 4.98 Å². The molecule has 0 fully saturated rings. The molecule has 0 aromatic carbocycles. The van der Waals surface area contributed by atoms with Crippen LogP contribution in [0.15, 0.2) is 36.2 Å². The van der Waals surface area contributed by atoms with E-state index in [9.17, 15) is 0 Å². The Morgan fingerprint density at radius 2 is 2.27 bits per heavy atom. The number of rotatable bonds is 0. The quantitative estimate of drug-likeness (QED) is 0.689. The smallest absolute Gasteiger partial charge is 0.0905 e. The van der Waals surface area contributed by atoms with Crippen LogP contribution in [0, 0.1) is 0 Å². The Morgan fingerprint density at radius 3 is 3.20 bits per heavy atom. The molecule has 2 aromatic heterocycles. The third kappa shape index (κ3) is 1.30. The van der Waals surface area contributed by atoms with E-state index in [4.69, 9.17) is 0 Å². The van der Waals surface area contributed by atoms with Crippen LogP contribution in [0.2, 0.25) is 0 Å². The van der Waals surface area contributed by atoms with E-state index >= 15 is 0 Å². The number of H-pyrrole nitrogens is 1. The summed E-state index contributed by atoms with van der Waals surface area (Å²) in [6, 6.07) is 6.25. The molecule has 2 nitrogen and oxygen atoms in total. The molecule has 0 unspecified atom stereocenters. The standard InChI is InChI=1S/C13H12N2/c1-9-7-10-3-2-5-14-12(10)13-11(8-9)4-6-15-13/h2-6,8,15H,7H2,1H3. The molecule has 0 spiro atoms. The van der Waals surface area contributed by atoms with E-state index in [0.29, 0.717) is 0 Å². The second-order valence-corrected chi connectivity index (χ2v) is 3.99. The fraction of sp³-hybridized carbons (Fsp3) is 0.154. The summed E-state index contributed by atoms with van der Waals surface area (Å²) in [6.45, 7) is 2.17. The molecule has 0 amide bonds. The molecule has 2 aromatic rings. The van der Waals surface area contributed by atoms with E-state index in [1.165, 1.54) is 16.7 Å². The van der Waals surface area contributed by atoms with Crippen LogP contribution in [0.3, 0.4) is 0 Å². The summed E-state index contributed by atoms with van der Waals surface area (Å²) >= 11 is 0. The summed E-state index contributed by atoms with van der Waals surface area (Å²) in [5.41, 5.74) is 6.15. The van der Waals surface area contributed by atoms with Gasteiger partial charge in [0.25, 0.3) is 0 Å². The van der Waals surface area contributed by atoms with Crippen LogP contribution < -0.4 is 0 Å². The number of nitrogens with zero attached hydrogens (tertiary/aromatic N) is 1. The Bertz CT molecular complexity index is 535. The third-order valence-electron chi connectivity index (χ3n) is 2.78. The fourth-order valence-corrected chi connectivity index (χ4v) is 2.13. The molecule has 0 saturated carbocycles. The molecule has 2 heteroatoms. The van der Waals surface area contributed by atoms with E-state index in [0.717, 1.165) is 17.8 Å². The minimum atomic E-state index is 0.992. The lowest BCUT2D eigenvalue weighted by Gasteiger charge is -2.04. The summed E-state index contributed by atoms with van der Waals surface area (Å²) in [6.07, 6.45) is 7.04. The molecule has 0 bridgehead atoms. The molecule has 1 aliphatic rings. The van der Waals surface area contributed by atoms with Gasteiger partial charge in [-0.2, -0.15) is 0 Å². The number of allylic oxidation sites excluding steroid dienone is 1. The van der Waals surface area contributed by atoms with Gasteiger partial charge in [-0.15, -0.1) is 0 Å². The van der Waals surface area contributed by atoms with Crippen molar-refractivity contribution in [3.8, 4) is 11.4 Å². The van der Waals surface area contributed by atoms with Gasteiger partial charge in [-0.25, -0.2) is 0 Å². The minimum Gasteiger partial charge on any atom is -0.359 e. The zero-order chi connectivity index (χ0) is 10.3. The molecule has 0 saturated heterocycles. The van der Waals surface area contributed by atoms with Crippen molar-refractivity contribution in [1.82, 2.24) is 9.97 Å². The van der Waals surface area contributed by atoms with Crippen LogP contribution in [0.25, 0.3) is 17.5 Å². The van der Waals surface area contributed by atoms with Gasteiger partial charge in [-0.1, -0.05) is 17.7 Å². The molecule has 0 radical (unpaired) electrons. The molecule has 74 valence electrons. The highest BCUT2D eigenvalue weighted by Crippen LogP contribution is 2.30. The van der Waals surface area contributed by atoms with Gasteiger partial charge in [-0.05, 0) is 31.0 Å². The second-order valence-electron chi connectivity index (χ2n) is 3.99. The molecular weight excluding hydrogens is 184 g/mol. The normalized spacial score (nSPS) is 13.8. The van der Waals surface area contributed by atoms with Crippen LogP contribution in [-0.2, 0) is 6.42 Å². The number of pyridine rings is 1. The van der Waals surface area contributed by atoms with Crippen molar-refractivity contribution in [1.29, 1.82) is 0 Å². The highest BCUT2D eigenvalue weighted by molar-refractivity contribution is 5.75. The number of hydrogen-bond acceptors (Lipinski definition) is 1. The summed E-state index contributed by atoms with van der Waals surface area (Å²) < 4.78 is 0. The molecule has 0 atom stereocenters. The van der Waals surface area contributed by atoms with Crippen LogP contribution in [-0.4, -0.2) is 9.97 Å². The van der Waals surface area contributed by atoms with Gasteiger partial charge in [0.1, 0.15) is 0 Å². The van der Waals surface area contributed by atoms with E-state index < -0.39 is 0 Å². The maximum atomic E-state index is 4.46. The SMILES string of the molecule is CC1=Cc2cc[nH]c2-c2ncccc2C1. The van der Waals surface area contributed by atoms with Crippen molar-refractivity contribution in [2.75, 3.05) is 0 Å². The molecular formula is C13H12N2. The van der Waals surface area contributed by atoms with Crippen molar-refractivity contribution >= 4 is 6.08 Å². The molecule has 2 heterocycles. The summed E-state index contributed by atoms with van der Waals surface area (Å²) in [5, 5.41) is 0. The first-order valence-electron chi connectivity index (χ1n) is 5.13. The minimum absolute atomic E-state index is 0.992. The Hall–Kier alpha value is -1.83. The zero-order valence-corrected chi connectivity index (χ0v) is 8.62. The van der Waals surface area contributed by atoms with Crippen molar-refractivity contribution in [2.24, 2.45) is 0 Å².